The second-order valence-corrected chi connectivity index (χ2v) is 4.19. The van der Waals surface area contributed by atoms with E-state index in [1.807, 2.05) is 13.0 Å². The van der Waals surface area contributed by atoms with E-state index in [1.54, 1.807) is 23.9 Å². The van der Waals surface area contributed by atoms with Crippen molar-refractivity contribution in [2.75, 3.05) is 5.73 Å². The monoisotopic (exact) mass is 244 g/mol. The quantitative estimate of drug-likeness (QED) is 0.677. The van der Waals surface area contributed by atoms with Gasteiger partial charge < -0.3 is 10.2 Å². The van der Waals surface area contributed by atoms with Crippen LogP contribution in [0.15, 0.2) is 27.4 Å². The first kappa shape index (κ1) is 10.6. The first-order valence-corrected chi connectivity index (χ1v) is 5.48. The van der Waals surface area contributed by atoms with E-state index in [9.17, 15) is 4.79 Å². The van der Waals surface area contributed by atoms with Crippen LogP contribution in [0.25, 0.3) is 22.2 Å². The van der Waals surface area contributed by atoms with Gasteiger partial charge in [0.2, 0.25) is 0 Å². The molecule has 92 valence electrons. The number of rotatable bonds is 1. The second kappa shape index (κ2) is 3.49. The van der Waals surface area contributed by atoms with Gasteiger partial charge in [-0.2, -0.15) is 5.10 Å². The number of hydrogen-bond acceptors (Lipinski definition) is 4. The van der Waals surface area contributed by atoms with Gasteiger partial charge in [-0.1, -0.05) is 6.07 Å². The van der Waals surface area contributed by atoms with Crippen molar-refractivity contribution in [1.29, 1.82) is 0 Å². The molecule has 0 fully saturated rings. The molecule has 0 bridgehead atoms. The molecule has 3 rings (SSSR count). The minimum Gasteiger partial charge on any atom is -0.408 e. The average molecular weight is 244 g/mol. The summed E-state index contributed by atoms with van der Waals surface area (Å²) < 4.78 is 6.66. The molecule has 6 nitrogen and oxygen atoms in total. The standard InChI is InChI=1S/C12H12N4O2/c1-6-10(11(13)16(2)15-6)7-3-4-8-9(5-7)18-12(17)14-8/h3-5H,13H2,1-2H3,(H,14,17). The molecule has 0 radical (unpaired) electrons. The normalized spacial score (nSPS) is 11.2. The zero-order chi connectivity index (χ0) is 12.9. The summed E-state index contributed by atoms with van der Waals surface area (Å²) in [7, 11) is 1.79. The summed E-state index contributed by atoms with van der Waals surface area (Å²) >= 11 is 0. The molecule has 0 aliphatic heterocycles. The van der Waals surface area contributed by atoms with E-state index in [4.69, 9.17) is 10.2 Å². The summed E-state index contributed by atoms with van der Waals surface area (Å²) in [6.45, 7) is 1.89. The van der Waals surface area contributed by atoms with Gasteiger partial charge in [-0.3, -0.25) is 9.67 Å². The number of hydrogen-bond donors (Lipinski definition) is 2. The van der Waals surface area contributed by atoms with E-state index in [0.29, 0.717) is 16.9 Å². The van der Waals surface area contributed by atoms with Crippen LogP contribution in [0, 0.1) is 6.92 Å². The third kappa shape index (κ3) is 1.42. The van der Waals surface area contributed by atoms with Crippen molar-refractivity contribution in [2.45, 2.75) is 6.92 Å². The highest BCUT2D eigenvalue weighted by Crippen LogP contribution is 2.30. The van der Waals surface area contributed by atoms with Crippen molar-refractivity contribution in [1.82, 2.24) is 14.8 Å². The number of nitrogens with zero attached hydrogens (tertiary/aromatic N) is 2. The number of aromatic amines is 1. The smallest absolute Gasteiger partial charge is 0.408 e. The fraction of sp³-hybridized carbons (Fsp3) is 0.167. The van der Waals surface area contributed by atoms with Crippen LogP contribution in [0.3, 0.4) is 0 Å². The van der Waals surface area contributed by atoms with Gasteiger partial charge >= 0.3 is 5.76 Å². The van der Waals surface area contributed by atoms with Crippen LogP contribution in [-0.4, -0.2) is 14.8 Å². The minimum atomic E-state index is -0.460. The number of fused-ring (bicyclic) bond motifs is 1. The van der Waals surface area contributed by atoms with E-state index < -0.39 is 5.76 Å². The molecule has 18 heavy (non-hydrogen) atoms. The predicted octanol–water partition coefficient (Wildman–Crippen LogP) is 1.41. The summed E-state index contributed by atoms with van der Waals surface area (Å²) in [5.74, 6) is 0.128. The number of aryl methyl sites for hydroxylation is 2. The summed E-state index contributed by atoms with van der Waals surface area (Å²) in [4.78, 5) is 13.7. The van der Waals surface area contributed by atoms with Crippen LogP contribution in [0.2, 0.25) is 0 Å². The highest BCUT2D eigenvalue weighted by molar-refractivity contribution is 5.84. The van der Waals surface area contributed by atoms with Gasteiger partial charge in [-0.15, -0.1) is 0 Å². The molecule has 0 saturated carbocycles. The lowest BCUT2D eigenvalue weighted by atomic mass is 10.1. The average Bonchev–Trinajstić information content (AvgIpc) is 2.78. The van der Waals surface area contributed by atoms with E-state index in [2.05, 4.69) is 10.1 Å². The molecule has 6 heteroatoms. The molecule has 3 N–H and O–H groups in total. The Kier molecular flexibility index (Phi) is 2.07. The third-order valence-corrected chi connectivity index (χ3v) is 2.98. The lowest BCUT2D eigenvalue weighted by molar-refractivity contribution is 0.555. The van der Waals surface area contributed by atoms with Crippen molar-refractivity contribution in [3.63, 3.8) is 0 Å². The number of aromatic nitrogens is 3. The fourth-order valence-corrected chi connectivity index (χ4v) is 2.13. The lowest BCUT2D eigenvalue weighted by Crippen LogP contribution is -1.97. The van der Waals surface area contributed by atoms with Gasteiger partial charge in [0, 0.05) is 12.6 Å². The number of nitrogens with one attached hydrogen (secondary N) is 1. The zero-order valence-corrected chi connectivity index (χ0v) is 10.0. The van der Waals surface area contributed by atoms with E-state index in [-0.39, 0.29) is 0 Å². The van der Waals surface area contributed by atoms with Crippen LogP contribution in [0.4, 0.5) is 5.82 Å². The van der Waals surface area contributed by atoms with Crippen LogP contribution in [0.5, 0.6) is 0 Å². The topological polar surface area (TPSA) is 89.8 Å². The molecule has 0 amide bonds. The van der Waals surface area contributed by atoms with Crippen LogP contribution in [0.1, 0.15) is 5.69 Å². The first-order chi connectivity index (χ1) is 8.56. The predicted molar refractivity (Wildman–Crippen MR) is 68.2 cm³/mol. The van der Waals surface area contributed by atoms with E-state index in [0.717, 1.165) is 16.8 Å². The highest BCUT2D eigenvalue weighted by atomic mass is 16.4. The van der Waals surface area contributed by atoms with Gasteiger partial charge in [0.25, 0.3) is 0 Å². The molecule has 1 aromatic carbocycles. The van der Waals surface area contributed by atoms with Crippen molar-refractivity contribution in [3.8, 4) is 11.1 Å². The molecule has 0 atom stereocenters. The van der Waals surface area contributed by atoms with Crippen molar-refractivity contribution in [2.24, 2.45) is 7.05 Å². The zero-order valence-electron chi connectivity index (χ0n) is 10.0. The van der Waals surface area contributed by atoms with Gasteiger partial charge in [0.15, 0.2) is 5.58 Å². The van der Waals surface area contributed by atoms with Crippen LogP contribution < -0.4 is 11.5 Å². The summed E-state index contributed by atoms with van der Waals surface area (Å²) in [6.07, 6.45) is 0. The Balaban J connectivity index is 2.28. The number of nitrogens with two attached hydrogens (primary N) is 1. The second-order valence-electron chi connectivity index (χ2n) is 4.19. The Morgan fingerprint density at radius 3 is 2.89 bits per heavy atom. The Hall–Kier alpha value is -2.50. The molecule has 0 spiro atoms. The summed E-state index contributed by atoms with van der Waals surface area (Å²) in [5.41, 5.74) is 9.76. The van der Waals surface area contributed by atoms with E-state index >= 15 is 0 Å². The molecule has 0 saturated heterocycles. The Morgan fingerprint density at radius 2 is 2.22 bits per heavy atom. The third-order valence-electron chi connectivity index (χ3n) is 2.98. The van der Waals surface area contributed by atoms with Gasteiger partial charge in [-0.25, -0.2) is 4.79 Å². The SMILES string of the molecule is Cc1nn(C)c(N)c1-c1ccc2[nH]c(=O)oc2c1. The van der Waals surface area contributed by atoms with Crippen LogP contribution in [-0.2, 0) is 7.05 Å². The lowest BCUT2D eigenvalue weighted by Gasteiger charge is -2.01. The number of H-pyrrole nitrogens is 1. The van der Waals surface area contributed by atoms with Crippen LogP contribution >= 0.6 is 0 Å². The number of oxazole rings is 1. The number of benzene rings is 1. The van der Waals surface area contributed by atoms with Crippen molar-refractivity contribution < 1.29 is 4.42 Å². The maximum atomic E-state index is 11.1. The van der Waals surface area contributed by atoms with Gasteiger partial charge in [0.05, 0.1) is 11.2 Å². The molecule has 0 unspecified atom stereocenters. The number of nitrogen functional groups attached to an aromatic ring is 1. The highest BCUT2D eigenvalue weighted by Gasteiger charge is 2.13. The molecular formula is C12H12N4O2. The van der Waals surface area contributed by atoms with Crippen molar-refractivity contribution in [3.05, 3.63) is 34.4 Å². The maximum absolute atomic E-state index is 11.1. The largest absolute Gasteiger partial charge is 0.417 e. The van der Waals surface area contributed by atoms with Gasteiger partial charge in [-0.05, 0) is 24.6 Å². The minimum absolute atomic E-state index is 0.460. The Morgan fingerprint density at radius 1 is 1.44 bits per heavy atom. The molecule has 2 heterocycles. The number of anilines is 1. The van der Waals surface area contributed by atoms with Crippen molar-refractivity contribution >= 4 is 16.9 Å². The molecule has 2 aromatic heterocycles. The Bertz CT molecular complexity index is 794. The fourth-order valence-electron chi connectivity index (χ4n) is 2.13. The molecule has 0 aliphatic carbocycles. The van der Waals surface area contributed by atoms with Gasteiger partial charge in [0.1, 0.15) is 5.82 Å². The first-order valence-electron chi connectivity index (χ1n) is 5.48. The van der Waals surface area contributed by atoms with E-state index in [1.165, 1.54) is 0 Å². The molecular weight excluding hydrogens is 232 g/mol. The maximum Gasteiger partial charge on any atom is 0.417 e. The molecule has 0 aliphatic rings. The Labute approximate surface area is 102 Å². The molecule has 3 aromatic rings. The summed E-state index contributed by atoms with van der Waals surface area (Å²) in [6, 6.07) is 5.46. The summed E-state index contributed by atoms with van der Waals surface area (Å²) in [5, 5.41) is 4.26.